The van der Waals surface area contributed by atoms with Gasteiger partial charge < -0.3 is 9.84 Å². The Bertz CT molecular complexity index is 863. The van der Waals surface area contributed by atoms with Crippen molar-refractivity contribution >= 4 is 10.9 Å². The Kier molecular flexibility index (Phi) is 9.68. The summed E-state index contributed by atoms with van der Waals surface area (Å²) in [7, 11) is 0. The first-order chi connectivity index (χ1) is 14.9. The van der Waals surface area contributed by atoms with Crippen molar-refractivity contribution in [3.05, 3.63) is 71.9 Å². The molecule has 0 unspecified atom stereocenters. The molecule has 0 radical (unpaired) electrons. The average molecular weight is 406 g/mol. The fourth-order valence-corrected chi connectivity index (χ4v) is 3.94. The predicted molar refractivity (Wildman–Crippen MR) is 125 cm³/mol. The highest BCUT2D eigenvalue weighted by Gasteiger charge is 2.08. The van der Waals surface area contributed by atoms with Gasteiger partial charge in [0, 0.05) is 18.2 Å². The molecule has 1 aromatic heterocycles. The van der Waals surface area contributed by atoms with Crippen LogP contribution in [0.4, 0.5) is 0 Å². The third-order valence-corrected chi connectivity index (χ3v) is 5.67. The standard InChI is InChI=1S/C27H35NO2/c29-21-12-7-5-3-1-2-4-6-11-16-24-19-20-28-27-25(24)17-13-18-26(27)30-22-23-14-9-8-10-15-23/h8-10,13-15,17-20,29H,1-7,11-12,16,21-22H2. The summed E-state index contributed by atoms with van der Waals surface area (Å²) in [6.07, 6.45) is 14.2. The highest BCUT2D eigenvalue weighted by Crippen LogP contribution is 2.27. The molecule has 1 N–H and O–H groups in total. The SMILES string of the molecule is OCCCCCCCCCCCc1ccnc2c(OCc3ccccc3)cccc12. The van der Waals surface area contributed by atoms with E-state index >= 15 is 0 Å². The van der Waals surface area contributed by atoms with Crippen LogP contribution in [0.25, 0.3) is 10.9 Å². The highest BCUT2D eigenvalue weighted by molar-refractivity contribution is 5.87. The second-order valence-corrected chi connectivity index (χ2v) is 8.05. The lowest BCUT2D eigenvalue weighted by molar-refractivity contribution is 0.282. The average Bonchev–Trinajstić information content (AvgIpc) is 2.79. The minimum absolute atomic E-state index is 0.338. The highest BCUT2D eigenvalue weighted by atomic mass is 16.5. The van der Waals surface area contributed by atoms with E-state index in [2.05, 4.69) is 35.3 Å². The summed E-state index contributed by atoms with van der Waals surface area (Å²) in [5.74, 6) is 0.861. The summed E-state index contributed by atoms with van der Waals surface area (Å²) in [6, 6.07) is 18.7. The first kappa shape index (κ1) is 22.3. The lowest BCUT2D eigenvalue weighted by Gasteiger charge is -2.11. The molecule has 0 bridgehead atoms. The van der Waals surface area contributed by atoms with E-state index in [4.69, 9.17) is 9.84 Å². The Morgan fingerprint density at radius 3 is 2.13 bits per heavy atom. The van der Waals surface area contributed by atoms with Gasteiger partial charge >= 0.3 is 0 Å². The lowest BCUT2D eigenvalue weighted by Crippen LogP contribution is -1.97. The minimum Gasteiger partial charge on any atom is -0.487 e. The summed E-state index contributed by atoms with van der Waals surface area (Å²) in [4.78, 5) is 4.61. The van der Waals surface area contributed by atoms with Gasteiger partial charge in [-0.1, -0.05) is 87.4 Å². The molecule has 160 valence electrons. The topological polar surface area (TPSA) is 42.4 Å². The normalized spacial score (nSPS) is 11.1. The Labute approximate surface area is 181 Å². The van der Waals surface area contributed by atoms with E-state index in [9.17, 15) is 0 Å². The molecule has 0 saturated carbocycles. The summed E-state index contributed by atoms with van der Waals surface area (Å²) in [5.41, 5.74) is 3.50. The van der Waals surface area contributed by atoms with Gasteiger partial charge in [0.25, 0.3) is 0 Å². The van der Waals surface area contributed by atoms with E-state index in [1.807, 2.05) is 30.5 Å². The van der Waals surface area contributed by atoms with Gasteiger partial charge in [0.05, 0.1) is 0 Å². The number of pyridine rings is 1. The molecular formula is C27H35NO2. The third-order valence-electron chi connectivity index (χ3n) is 5.67. The zero-order valence-corrected chi connectivity index (χ0v) is 18.1. The summed E-state index contributed by atoms with van der Waals surface area (Å²) < 4.78 is 6.09. The number of hydrogen-bond acceptors (Lipinski definition) is 3. The number of aromatic nitrogens is 1. The van der Waals surface area contributed by atoms with Crippen LogP contribution in [-0.4, -0.2) is 16.7 Å². The minimum atomic E-state index is 0.338. The first-order valence-corrected chi connectivity index (χ1v) is 11.5. The number of benzene rings is 2. The van der Waals surface area contributed by atoms with Crippen molar-refractivity contribution in [1.82, 2.24) is 4.98 Å². The van der Waals surface area contributed by atoms with Gasteiger partial charge in [-0.05, 0) is 42.5 Å². The Morgan fingerprint density at radius 2 is 1.40 bits per heavy atom. The number of fused-ring (bicyclic) bond motifs is 1. The number of para-hydroxylation sites is 1. The first-order valence-electron chi connectivity index (χ1n) is 11.5. The molecule has 3 nitrogen and oxygen atoms in total. The molecule has 30 heavy (non-hydrogen) atoms. The molecule has 0 fully saturated rings. The van der Waals surface area contributed by atoms with Gasteiger partial charge in [0.2, 0.25) is 0 Å². The molecule has 2 aromatic carbocycles. The van der Waals surface area contributed by atoms with E-state index in [1.54, 1.807) is 0 Å². The lowest BCUT2D eigenvalue weighted by atomic mass is 10.0. The number of rotatable bonds is 14. The zero-order chi connectivity index (χ0) is 20.9. The molecule has 3 aromatic rings. The van der Waals surface area contributed by atoms with Gasteiger partial charge in [0.1, 0.15) is 17.9 Å². The largest absolute Gasteiger partial charge is 0.487 e. The molecule has 3 heteroatoms. The van der Waals surface area contributed by atoms with Crippen LogP contribution >= 0.6 is 0 Å². The fourth-order valence-electron chi connectivity index (χ4n) is 3.94. The van der Waals surface area contributed by atoms with Crippen molar-refractivity contribution in [2.75, 3.05) is 6.61 Å². The van der Waals surface area contributed by atoms with Crippen LogP contribution < -0.4 is 4.74 Å². The molecule has 0 aliphatic heterocycles. The van der Waals surface area contributed by atoms with E-state index < -0.39 is 0 Å². The van der Waals surface area contributed by atoms with Crippen LogP contribution in [0, 0.1) is 0 Å². The van der Waals surface area contributed by atoms with E-state index in [-0.39, 0.29) is 0 Å². The molecule has 1 heterocycles. The molecule has 0 saturated heterocycles. The Hall–Kier alpha value is -2.39. The third kappa shape index (κ3) is 7.14. The number of aryl methyl sites for hydroxylation is 1. The number of unbranched alkanes of at least 4 members (excludes halogenated alkanes) is 8. The second kappa shape index (κ2) is 13.0. The van der Waals surface area contributed by atoms with Crippen molar-refractivity contribution in [2.45, 2.75) is 70.8 Å². The van der Waals surface area contributed by atoms with Crippen LogP contribution in [0.15, 0.2) is 60.8 Å². The number of hydrogen-bond donors (Lipinski definition) is 1. The van der Waals surface area contributed by atoms with E-state index in [0.29, 0.717) is 13.2 Å². The van der Waals surface area contributed by atoms with Crippen molar-refractivity contribution in [3.8, 4) is 5.75 Å². The van der Waals surface area contributed by atoms with Crippen molar-refractivity contribution in [3.63, 3.8) is 0 Å². The summed E-state index contributed by atoms with van der Waals surface area (Å²) >= 11 is 0. The van der Waals surface area contributed by atoms with E-state index in [0.717, 1.165) is 24.1 Å². The second-order valence-electron chi connectivity index (χ2n) is 8.05. The van der Waals surface area contributed by atoms with Crippen molar-refractivity contribution < 1.29 is 9.84 Å². The maximum Gasteiger partial charge on any atom is 0.146 e. The Balaban J connectivity index is 1.46. The van der Waals surface area contributed by atoms with Crippen molar-refractivity contribution in [1.29, 1.82) is 0 Å². The number of aliphatic hydroxyl groups is 1. The van der Waals surface area contributed by atoms with Gasteiger partial charge in [-0.3, -0.25) is 4.98 Å². The maximum absolute atomic E-state index is 8.80. The van der Waals surface area contributed by atoms with Crippen LogP contribution in [0.5, 0.6) is 5.75 Å². The molecule has 3 rings (SSSR count). The number of aliphatic hydroxyl groups excluding tert-OH is 1. The van der Waals surface area contributed by atoms with Gasteiger partial charge in [0.15, 0.2) is 0 Å². The Morgan fingerprint density at radius 1 is 0.700 bits per heavy atom. The summed E-state index contributed by atoms with van der Waals surface area (Å²) in [5, 5.41) is 10.0. The smallest absolute Gasteiger partial charge is 0.146 e. The van der Waals surface area contributed by atoms with Gasteiger partial charge in [-0.2, -0.15) is 0 Å². The summed E-state index contributed by atoms with van der Waals surface area (Å²) in [6.45, 7) is 0.899. The molecular weight excluding hydrogens is 370 g/mol. The van der Waals surface area contributed by atoms with Crippen LogP contribution in [0.1, 0.15) is 68.9 Å². The van der Waals surface area contributed by atoms with Crippen LogP contribution in [0.3, 0.4) is 0 Å². The molecule has 0 amide bonds. The molecule has 0 spiro atoms. The van der Waals surface area contributed by atoms with Crippen LogP contribution in [-0.2, 0) is 13.0 Å². The zero-order valence-electron chi connectivity index (χ0n) is 18.1. The van der Waals surface area contributed by atoms with Gasteiger partial charge in [-0.15, -0.1) is 0 Å². The molecule has 0 aliphatic rings. The van der Waals surface area contributed by atoms with Crippen molar-refractivity contribution in [2.24, 2.45) is 0 Å². The quantitative estimate of drug-likeness (QED) is 0.298. The molecule has 0 atom stereocenters. The van der Waals surface area contributed by atoms with Gasteiger partial charge in [-0.25, -0.2) is 0 Å². The predicted octanol–water partition coefficient (Wildman–Crippen LogP) is 6.86. The monoisotopic (exact) mass is 405 g/mol. The van der Waals surface area contributed by atoms with E-state index in [1.165, 1.54) is 67.9 Å². The molecule has 0 aliphatic carbocycles. The van der Waals surface area contributed by atoms with Crippen LogP contribution in [0.2, 0.25) is 0 Å². The number of nitrogens with zero attached hydrogens (tertiary/aromatic N) is 1. The fraction of sp³-hybridized carbons (Fsp3) is 0.444. The number of ether oxygens (including phenoxy) is 1. The maximum atomic E-state index is 8.80.